The average molecular weight is 170 g/mol. The zero-order valence-electron chi connectivity index (χ0n) is 7.35. The van der Waals surface area contributed by atoms with Crippen molar-refractivity contribution in [3.8, 4) is 0 Å². The monoisotopic (exact) mass is 170 g/mol. The summed E-state index contributed by atoms with van der Waals surface area (Å²) in [6.07, 6.45) is 1.35. The number of anilines is 1. The van der Waals surface area contributed by atoms with Crippen molar-refractivity contribution >= 4 is 5.82 Å². The van der Waals surface area contributed by atoms with Gasteiger partial charge in [-0.25, -0.2) is 4.98 Å². The lowest BCUT2D eigenvalue weighted by Crippen LogP contribution is -2.12. The maximum Gasteiger partial charge on any atom is 0.142 e. The second-order valence-corrected chi connectivity index (χ2v) is 2.96. The lowest BCUT2D eigenvalue weighted by Gasteiger charge is -2.21. The van der Waals surface area contributed by atoms with Crippen molar-refractivity contribution in [3.63, 3.8) is 0 Å². The standard InChI is InChI=1S/C7H12N3O2/c1-5(2)7-8-4-6(9(7)3)10(11)12/h4-5,11H,1-3H3/q-1. The van der Waals surface area contributed by atoms with Gasteiger partial charge in [0.2, 0.25) is 0 Å². The third-order valence-electron chi connectivity index (χ3n) is 1.71. The van der Waals surface area contributed by atoms with E-state index in [-0.39, 0.29) is 17.0 Å². The third-order valence-corrected chi connectivity index (χ3v) is 1.71. The van der Waals surface area contributed by atoms with Crippen molar-refractivity contribution in [2.45, 2.75) is 19.8 Å². The molecule has 0 unspecified atom stereocenters. The maximum absolute atomic E-state index is 10.5. The third kappa shape index (κ3) is 1.41. The molecule has 0 saturated carbocycles. The van der Waals surface area contributed by atoms with Crippen molar-refractivity contribution in [3.05, 3.63) is 17.2 Å². The minimum atomic E-state index is -0.182. The van der Waals surface area contributed by atoms with Crippen molar-refractivity contribution < 1.29 is 5.21 Å². The van der Waals surface area contributed by atoms with Gasteiger partial charge in [0.1, 0.15) is 11.6 Å². The number of hydrogen-bond donors (Lipinski definition) is 1. The molecule has 5 heteroatoms. The summed E-state index contributed by atoms with van der Waals surface area (Å²) in [7, 11) is 1.69. The Balaban J connectivity index is 3.04. The van der Waals surface area contributed by atoms with Crippen LogP contribution in [0.2, 0.25) is 0 Å². The van der Waals surface area contributed by atoms with Crippen molar-refractivity contribution in [1.82, 2.24) is 9.55 Å². The molecule has 68 valence electrons. The zero-order chi connectivity index (χ0) is 9.30. The van der Waals surface area contributed by atoms with Gasteiger partial charge in [0.25, 0.3) is 0 Å². The summed E-state index contributed by atoms with van der Waals surface area (Å²) in [4.78, 5) is 4.00. The predicted molar refractivity (Wildman–Crippen MR) is 44.9 cm³/mol. The normalized spacial score (nSPS) is 10.8. The molecule has 0 saturated heterocycles. The second-order valence-electron chi connectivity index (χ2n) is 2.96. The van der Waals surface area contributed by atoms with Gasteiger partial charge in [-0.05, 0) is 0 Å². The van der Waals surface area contributed by atoms with Crippen molar-refractivity contribution in [2.24, 2.45) is 7.05 Å². The number of imidazole rings is 1. The minimum Gasteiger partial charge on any atom is -0.732 e. The summed E-state index contributed by atoms with van der Waals surface area (Å²) in [6, 6.07) is 0. The lowest BCUT2D eigenvalue weighted by atomic mass is 10.2. The fourth-order valence-electron chi connectivity index (χ4n) is 1.13. The zero-order valence-corrected chi connectivity index (χ0v) is 7.35. The first kappa shape index (κ1) is 9.02. The van der Waals surface area contributed by atoms with Crippen LogP contribution in [0.15, 0.2) is 6.20 Å². The van der Waals surface area contributed by atoms with Gasteiger partial charge < -0.3 is 15.0 Å². The molecule has 1 N–H and O–H groups in total. The van der Waals surface area contributed by atoms with E-state index in [4.69, 9.17) is 5.21 Å². The Morgan fingerprint density at radius 3 is 2.50 bits per heavy atom. The number of rotatable bonds is 2. The van der Waals surface area contributed by atoms with E-state index in [0.29, 0.717) is 0 Å². The summed E-state index contributed by atoms with van der Waals surface area (Å²) < 4.78 is 1.57. The van der Waals surface area contributed by atoms with E-state index in [1.165, 1.54) is 6.20 Å². The average Bonchev–Trinajstić information content (AvgIpc) is 2.30. The molecule has 0 aliphatic heterocycles. The molecule has 1 rings (SSSR count). The minimum absolute atomic E-state index is 0.152. The molecule has 0 aliphatic carbocycles. The Hall–Kier alpha value is -1.07. The van der Waals surface area contributed by atoms with Crippen LogP contribution < -0.4 is 5.23 Å². The molecule has 0 aliphatic rings. The molecule has 0 aromatic carbocycles. The topological polar surface area (TPSA) is 64.3 Å². The fourth-order valence-corrected chi connectivity index (χ4v) is 1.13. The first-order valence-electron chi connectivity index (χ1n) is 3.71. The van der Waals surface area contributed by atoms with Crippen molar-refractivity contribution in [1.29, 1.82) is 0 Å². The first-order chi connectivity index (χ1) is 5.54. The quantitative estimate of drug-likeness (QED) is 0.678. The maximum atomic E-state index is 10.5. The molecule has 1 heterocycles. The summed E-state index contributed by atoms with van der Waals surface area (Å²) in [6.45, 7) is 3.94. The highest BCUT2D eigenvalue weighted by Crippen LogP contribution is 2.18. The number of hydrogen-bond acceptors (Lipinski definition) is 4. The molecule has 12 heavy (non-hydrogen) atoms. The summed E-state index contributed by atoms with van der Waals surface area (Å²) in [5.41, 5.74) is 0. The van der Waals surface area contributed by atoms with Gasteiger partial charge in [0, 0.05) is 13.0 Å². The summed E-state index contributed by atoms with van der Waals surface area (Å²) >= 11 is 0. The van der Waals surface area contributed by atoms with Crippen LogP contribution in [0.5, 0.6) is 0 Å². The smallest absolute Gasteiger partial charge is 0.142 e. The van der Waals surface area contributed by atoms with Gasteiger partial charge in [-0.15, -0.1) is 0 Å². The largest absolute Gasteiger partial charge is 0.732 e. The van der Waals surface area contributed by atoms with Gasteiger partial charge in [0.15, 0.2) is 0 Å². The Labute approximate surface area is 70.8 Å². The summed E-state index contributed by atoms with van der Waals surface area (Å²) in [5, 5.41) is 18.9. The summed E-state index contributed by atoms with van der Waals surface area (Å²) in [5.74, 6) is 1.17. The van der Waals surface area contributed by atoms with E-state index in [1.807, 2.05) is 13.8 Å². The van der Waals surface area contributed by atoms with E-state index in [0.717, 1.165) is 5.82 Å². The van der Waals surface area contributed by atoms with Crippen LogP contribution in [0.3, 0.4) is 0 Å². The number of nitrogens with zero attached hydrogens (tertiary/aromatic N) is 3. The highest BCUT2D eigenvalue weighted by molar-refractivity contribution is 5.36. The van der Waals surface area contributed by atoms with Crippen LogP contribution in [0.1, 0.15) is 25.6 Å². The molecule has 0 bridgehead atoms. The van der Waals surface area contributed by atoms with Gasteiger partial charge in [0.05, 0.1) is 6.20 Å². The van der Waals surface area contributed by atoms with Gasteiger partial charge in [-0.3, -0.25) is 5.21 Å². The molecule has 0 atom stereocenters. The van der Waals surface area contributed by atoms with E-state index < -0.39 is 0 Å². The van der Waals surface area contributed by atoms with Crippen LogP contribution in [0, 0.1) is 5.21 Å². The van der Waals surface area contributed by atoms with E-state index >= 15 is 0 Å². The van der Waals surface area contributed by atoms with E-state index in [9.17, 15) is 5.21 Å². The molecule has 0 fully saturated rings. The highest BCUT2D eigenvalue weighted by Gasteiger charge is 2.09. The molecular formula is C7H12N3O2-. The lowest BCUT2D eigenvalue weighted by molar-refractivity contribution is 0.290. The van der Waals surface area contributed by atoms with Crippen LogP contribution in [0.25, 0.3) is 0 Å². The Morgan fingerprint density at radius 2 is 2.25 bits per heavy atom. The Morgan fingerprint density at radius 1 is 1.67 bits per heavy atom. The molecule has 0 spiro atoms. The number of aromatic nitrogens is 2. The Kier molecular flexibility index (Phi) is 2.35. The van der Waals surface area contributed by atoms with E-state index in [1.54, 1.807) is 11.6 Å². The van der Waals surface area contributed by atoms with E-state index in [2.05, 4.69) is 4.98 Å². The Bertz CT molecular complexity index is 242. The molecule has 5 nitrogen and oxygen atoms in total. The van der Waals surface area contributed by atoms with Gasteiger partial charge in [-0.2, -0.15) is 0 Å². The fraction of sp³-hybridized carbons (Fsp3) is 0.571. The first-order valence-corrected chi connectivity index (χ1v) is 3.71. The molecule has 1 aromatic heterocycles. The molecule has 0 amide bonds. The van der Waals surface area contributed by atoms with Crippen molar-refractivity contribution in [2.75, 3.05) is 5.23 Å². The molecule has 0 radical (unpaired) electrons. The van der Waals surface area contributed by atoms with Crippen LogP contribution >= 0.6 is 0 Å². The highest BCUT2D eigenvalue weighted by atomic mass is 16.8. The van der Waals surface area contributed by atoms with Crippen LogP contribution in [-0.2, 0) is 7.05 Å². The molecular weight excluding hydrogens is 158 g/mol. The second kappa shape index (κ2) is 3.12. The van der Waals surface area contributed by atoms with Crippen LogP contribution in [0.4, 0.5) is 5.82 Å². The van der Waals surface area contributed by atoms with Gasteiger partial charge in [-0.1, -0.05) is 13.8 Å². The van der Waals surface area contributed by atoms with Crippen LogP contribution in [-0.4, -0.2) is 14.8 Å². The van der Waals surface area contributed by atoms with Gasteiger partial charge >= 0.3 is 0 Å². The predicted octanol–water partition coefficient (Wildman–Crippen LogP) is 1.24. The SMILES string of the molecule is CC(C)c1ncc(N([O-])O)n1C. The molecule has 1 aromatic rings.